The Hall–Kier alpha value is -2.36. The smallest absolute Gasteiger partial charge is 0.123 e. The number of hydrogen-bond acceptors (Lipinski definition) is 2. The van der Waals surface area contributed by atoms with Crippen LogP contribution < -0.4 is 0 Å². The molecule has 3 aromatic rings. The summed E-state index contributed by atoms with van der Waals surface area (Å²) < 4.78 is 8.18. The van der Waals surface area contributed by atoms with Gasteiger partial charge in [0.25, 0.3) is 0 Å². The van der Waals surface area contributed by atoms with Crippen LogP contribution >= 0.6 is 0 Å². The molecule has 0 unspecified atom stereocenters. The van der Waals surface area contributed by atoms with Gasteiger partial charge in [-0.2, -0.15) is 0 Å². The summed E-state index contributed by atoms with van der Waals surface area (Å²) in [7, 11) is 0. The van der Waals surface area contributed by atoms with Crippen LogP contribution in [0.2, 0.25) is 0 Å². The molecule has 1 heterocycles. The van der Waals surface area contributed by atoms with Gasteiger partial charge in [-0.05, 0) is 30.2 Å². The van der Waals surface area contributed by atoms with Gasteiger partial charge in [-0.25, -0.2) is 0 Å². The number of benzene rings is 2. The van der Waals surface area contributed by atoms with E-state index in [4.69, 9.17) is 4.74 Å². The summed E-state index contributed by atoms with van der Waals surface area (Å²) in [6.07, 6.45) is 1.09. The van der Waals surface area contributed by atoms with Gasteiger partial charge in [0.15, 0.2) is 0 Å². The molecule has 0 aliphatic carbocycles. The summed E-state index contributed by atoms with van der Waals surface area (Å²) in [5.74, 6) is 0. The van der Waals surface area contributed by atoms with Crippen molar-refractivity contribution >= 4 is 0 Å². The highest BCUT2D eigenvalue weighted by Gasteiger charge is 2.21. The number of aliphatic hydroxyl groups is 1. The Morgan fingerprint density at radius 2 is 1.50 bits per heavy atom. The summed E-state index contributed by atoms with van der Waals surface area (Å²) in [6.45, 7) is 3.02. The zero-order chi connectivity index (χ0) is 16.8. The summed E-state index contributed by atoms with van der Waals surface area (Å²) >= 11 is 0. The highest BCUT2D eigenvalue weighted by atomic mass is 16.5. The summed E-state index contributed by atoms with van der Waals surface area (Å²) in [4.78, 5) is 0. The first-order chi connectivity index (χ1) is 11.7. The molecule has 0 radical (unpaired) electrons. The van der Waals surface area contributed by atoms with Gasteiger partial charge < -0.3 is 14.4 Å². The van der Waals surface area contributed by atoms with Crippen molar-refractivity contribution in [2.24, 2.45) is 0 Å². The van der Waals surface area contributed by atoms with Gasteiger partial charge in [-0.15, -0.1) is 0 Å². The maximum atomic E-state index is 10.2. The van der Waals surface area contributed by atoms with Gasteiger partial charge in [0, 0.05) is 18.4 Å². The number of hydrogen-bond donors (Lipinski definition) is 1. The monoisotopic (exact) mass is 321 g/mol. The minimum atomic E-state index is -0.585. The van der Waals surface area contributed by atoms with Crippen LogP contribution in [0.5, 0.6) is 0 Å². The lowest BCUT2D eigenvalue weighted by molar-refractivity contribution is -0.0440. The summed E-state index contributed by atoms with van der Waals surface area (Å²) in [5, 5.41) is 10.2. The topological polar surface area (TPSA) is 34.4 Å². The highest BCUT2D eigenvalue weighted by Crippen LogP contribution is 2.24. The SMILES string of the molecule is C[C@@H](O)[C@H](OCc1ccccc1)c1cccn1Cc1ccccc1. The van der Waals surface area contributed by atoms with E-state index in [0.29, 0.717) is 6.61 Å². The molecule has 0 bridgehead atoms. The van der Waals surface area contributed by atoms with E-state index in [1.165, 1.54) is 5.56 Å². The summed E-state index contributed by atoms with van der Waals surface area (Å²) in [6, 6.07) is 24.4. The molecular weight excluding hydrogens is 298 g/mol. The van der Waals surface area contributed by atoms with E-state index in [9.17, 15) is 5.11 Å². The Kier molecular flexibility index (Phi) is 5.47. The fourth-order valence-corrected chi connectivity index (χ4v) is 2.84. The van der Waals surface area contributed by atoms with Crippen molar-refractivity contribution in [3.8, 4) is 0 Å². The third-order valence-electron chi connectivity index (χ3n) is 4.06. The molecule has 1 aromatic heterocycles. The minimum Gasteiger partial charge on any atom is -0.390 e. The predicted molar refractivity (Wildman–Crippen MR) is 95.6 cm³/mol. The first kappa shape index (κ1) is 16.5. The van der Waals surface area contributed by atoms with E-state index in [1.807, 2.05) is 66.9 Å². The Morgan fingerprint density at radius 1 is 0.875 bits per heavy atom. The molecule has 2 aromatic carbocycles. The first-order valence-electron chi connectivity index (χ1n) is 8.26. The quantitative estimate of drug-likeness (QED) is 0.708. The van der Waals surface area contributed by atoms with Crippen LogP contribution in [0.25, 0.3) is 0 Å². The maximum Gasteiger partial charge on any atom is 0.123 e. The molecule has 3 heteroatoms. The van der Waals surface area contributed by atoms with E-state index >= 15 is 0 Å². The summed E-state index contributed by atoms with van der Waals surface area (Å²) in [5.41, 5.74) is 3.32. The third-order valence-corrected chi connectivity index (χ3v) is 4.06. The Balaban J connectivity index is 1.75. The largest absolute Gasteiger partial charge is 0.390 e. The molecule has 0 spiro atoms. The molecule has 2 atom stereocenters. The zero-order valence-electron chi connectivity index (χ0n) is 13.9. The van der Waals surface area contributed by atoms with Crippen molar-refractivity contribution in [1.29, 1.82) is 0 Å². The second-order valence-corrected chi connectivity index (χ2v) is 6.00. The van der Waals surface area contributed by atoms with Gasteiger partial charge in [0.05, 0.1) is 12.7 Å². The Bertz CT molecular complexity index is 735. The standard InChI is InChI=1S/C21H23NO2/c1-17(23)21(24-16-19-11-6-3-7-12-19)20-13-8-14-22(20)15-18-9-4-2-5-10-18/h2-14,17,21,23H,15-16H2,1H3/t17-,21+/m1/s1. The molecule has 0 saturated heterocycles. The van der Waals surface area contributed by atoms with Crippen LogP contribution in [-0.2, 0) is 17.9 Å². The first-order valence-corrected chi connectivity index (χ1v) is 8.26. The zero-order valence-corrected chi connectivity index (χ0v) is 13.9. The highest BCUT2D eigenvalue weighted by molar-refractivity contribution is 5.19. The van der Waals surface area contributed by atoms with Crippen molar-refractivity contribution in [1.82, 2.24) is 4.57 Å². The molecule has 3 nitrogen and oxygen atoms in total. The molecule has 0 amide bonds. The van der Waals surface area contributed by atoms with Gasteiger partial charge in [-0.1, -0.05) is 60.7 Å². The van der Waals surface area contributed by atoms with Crippen molar-refractivity contribution in [3.63, 3.8) is 0 Å². The molecule has 124 valence electrons. The second kappa shape index (κ2) is 7.95. The van der Waals surface area contributed by atoms with E-state index in [0.717, 1.165) is 17.8 Å². The normalized spacial score (nSPS) is 13.6. The van der Waals surface area contributed by atoms with E-state index in [2.05, 4.69) is 16.7 Å². The maximum absolute atomic E-state index is 10.2. The van der Waals surface area contributed by atoms with Crippen LogP contribution in [0.3, 0.4) is 0 Å². The molecule has 24 heavy (non-hydrogen) atoms. The van der Waals surface area contributed by atoms with Crippen molar-refractivity contribution in [3.05, 3.63) is 95.8 Å². The second-order valence-electron chi connectivity index (χ2n) is 6.00. The molecular formula is C21H23NO2. The molecule has 0 aliphatic rings. The molecule has 0 aliphatic heterocycles. The lowest BCUT2D eigenvalue weighted by Gasteiger charge is -2.23. The fraction of sp³-hybridized carbons (Fsp3) is 0.238. The van der Waals surface area contributed by atoms with Gasteiger partial charge in [-0.3, -0.25) is 0 Å². The number of ether oxygens (including phenoxy) is 1. The predicted octanol–water partition coefficient (Wildman–Crippen LogP) is 4.18. The lowest BCUT2D eigenvalue weighted by atomic mass is 10.1. The molecule has 3 rings (SSSR count). The third kappa shape index (κ3) is 4.13. The van der Waals surface area contributed by atoms with Crippen LogP contribution in [0.4, 0.5) is 0 Å². The number of aliphatic hydroxyl groups excluding tert-OH is 1. The van der Waals surface area contributed by atoms with Gasteiger partial charge in [0.1, 0.15) is 6.10 Å². The van der Waals surface area contributed by atoms with Crippen LogP contribution in [0, 0.1) is 0 Å². The van der Waals surface area contributed by atoms with E-state index < -0.39 is 6.10 Å². The van der Waals surface area contributed by atoms with Gasteiger partial charge >= 0.3 is 0 Å². The molecule has 0 fully saturated rings. The Morgan fingerprint density at radius 3 is 2.12 bits per heavy atom. The average molecular weight is 321 g/mol. The number of aromatic nitrogens is 1. The van der Waals surface area contributed by atoms with E-state index in [1.54, 1.807) is 6.92 Å². The Labute approximate surface area is 143 Å². The number of rotatable bonds is 7. The van der Waals surface area contributed by atoms with E-state index in [-0.39, 0.29) is 6.10 Å². The van der Waals surface area contributed by atoms with Gasteiger partial charge in [0.2, 0.25) is 0 Å². The van der Waals surface area contributed by atoms with Crippen molar-refractivity contribution in [2.75, 3.05) is 0 Å². The molecule has 0 saturated carbocycles. The minimum absolute atomic E-state index is 0.357. The lowest BCUT2D eigenvalue weighted by Crippen LogP contribution is -2.21. The van der Waals surface area contributed by atoms with Crippen LogP contribution in [0.15, 0.2) is 79.0 Å². The fourth-order valence-electron chi connectivity index (χ4n) is 2.84. The van der Waals surface area contributed by atoms with Crippen LogP contribution in [0.1, 0.15) is 29.8 Å². The van der Waals surface area contributed by atoms with Crippen molar-refractivity contribution < 1.29 is 9.84 Å². The average Bonchev–Trinajstić information content (AvgIpc) is 3.04. The van der Waals surface area contributed by atoms with Crippen LogP contribution in [-0.4, -0.2) is 15.8 Å². The number of nitrogens with zero attached hydrogens (tertiary/aromatic N) is 1. The molecule has 1 N–H and O–H groups in total. The van der Waals surface area contributed by atoms with Crippen molar-refractivity contribution in [2.45, 2.75) is 32.3 Å².